The molecule has 0 aliphatic carbocycles. The van der Waals surface area contributed by atoms with Crippen LogP contribution < -0.4 is 19.7 Å². The van der Waals surface area contributed by atoms with E-state index in [9.17, 15) is 0 Å². The molecule has 180 valence electrons. The summed E-state index contributed by atoms with van der Waals surface area (Å²) in [6.07, 6.45) is 2.32. The van der Waals surface area contributed by atoms with E-state index in [2.05, 4.69) is 58.4 Å². The molecular formula is C26H37IN4O2. The Morgan fingerprint density at radius 1 is 1.00 bits per heavy atom. The van der Waals surface area contributed by atoms with Gasteiger partial charge in [0.2, 0.25) is 0 Å². The summed E-state index contributed by atoms with van der Waals surface area (Å²) in [5.74, 6) is 4.02. The molecule has 33 heavy (non-hydrogen) atoms. The van der Waals surface area contributed by atoms with Gasteiger partial charge in [-0.05, 0) is 55.5 Å². The van der Waals surface area contributed by atoms with Crippen LogP contribution in [-0.2, 0) is 0 Å². The molecule has 7 heteroatoms. The average Bonchev–Trinajstić information content (AvgIpc) is 3.52. The Bertz CT molecular complexity index is 905. The van der Waals surface area contributed by atoms with Crippen LogP contribution >= 0.6 is 24.0 Å². The number of rotatable bonds is 7. The molecule has 0 spiro atoms. The minimum absolute atomic E-state index is 0. The number of nitrogens with zero attached hydrogens (tertiary/aromatic N) is 3. The number of anilines is 1. The number of benzene rings is 2. The Morgan fingerprint density at radius 3 is 2.52 bits per heavy atom. The van der Waals surface area contributed by atoms with E-state index < -0.39 is 0 Å². The van der Waals surface area contributed by atoms with E-state index in [0.717, 1.165) is 69.6 Å². The molecule has 1 N–H and O–H groups in total. The van der Waals surface area contributed by atoms with Crippen molar-refractivity contribution in [3.8, 4) is 11.5 Å². The maximum absolute atomic E-state index is 5.56. The molecule has 2 aliphatic rings. The molecular weight excluding hydrogens is 527 g/mol. The molecule has 2 fully saturated rings. The second kappa shape index (κ2) is 12.3. The third-order valence-electron chi connectivity index (χ3n) is 6.62. The van der Waals surface area contributed by atoms with Crippen molar-refractivity contribution in [2.75, 3.05) is 58.4 Å². The molecule has 0 saturated carbocycles. The van der Waals surface area contributed by atoms with Crippen molar-refractivity contribution < 1.29 is 9.47 Å². The average molecular weight is 565 g/mol. The first-order valence-corrected chi connectivity index (χ1v) is 11.8. The molecule has 2 aromatic rings. The Hall–Kier alpha value is -2.16. The number of likely N-dealkylation sites (tertiary alicyclic amines) is 1. The Balaban J connectivity index is 0.00000306. The maximum Gasteiger partial charge on any atom is 0.193 e. The van der Waals surface area contributed by atoms with Gasteiger partial charge >= 0.3 is 0 Å². The first kappa shape index (κ1) is 25.5. The third kappa shape index (κ3) is 6.25. The fourth-order valence-electron chi connectivity index (χ4n) is 4.83. The second-order valence-electron chi connectivity index (χ2n) is 8.67. The zero-order chi connectivity index (χ0) is 22.3. The minimum atomic E-state index is 0. The molecule has 0 aromatic heterocycles. The van der Waals surface area contributed by atoms with E-state index in [1.165, 1.54) is 11.3 Å². The molecule has 6 nitrogen and oxygen atoms in total. The van der Waals surface area contributed by atoms with Crippen LogP contribution in [0.4, 0.5) is 5.69 Å². The minimum Gasteiger partial charge on any atom is -0.497 e. The number of guanidine groups is 1. The van der Waals surface area contributed by atoms with Crippen molar-refractivity contribution in [1.82, 2.24) is 10.2 Å². The molecule has 2 heterocycles. The van der Waals surface area contributed by atoms with Gasteiger partial charge in [-0.2, -0.15) is 0 Å². The molecule has 2 atom stereocenters. The number of hydrogen-bond acceptors (Lipinski definition) is 4. The summed E-state index contributed by atoms with van der Waals surface area (Å²) < 4.78 is 10.9. The highest BCUT2D eigenvalue weighted by Gasteiger charge is 2.28. The van der Waals surface area contributed by atoms with Gasteiger partial charge in [-0.25, -0.2) is 0 Å². The quantitative estimate of drug-likeness (QED) is 0.303. The van der Waals surface area contributed by atoms with Crippen molar-refractivity contribution >= 4 is 35.6 Å². The van der Waals surface area contributed by atoms with E-state index in [1.54, 1.807) is 14.2 Å². The molecule has 0 amide bonds. The SMILES string of the molecule is CCNC(=NCC1CCN(c2ccccc2OC)C1)N1CCC(c2ccc(OC)cc2)C1.I. The number of nitrogens with one attached hydrogen (secondary N) is 1. The lowest BCUT2D eigenvalue weighted by Gasteiger charge is -2.23. The lowest BCUT2D eigenvalue weighted by atomic mass is 9.98. The molecule has 2 aliphatic heterocycles. The first-order valence-electron chi connectivity index (χ1n) is 11.8. The van der Waals surface area contributed by atoms with Crippen molar-refractivity contribution in [3.63, 3.8) is 0 Å². The zero-order valence-corrected chi connectivity index (χ0v) is 22.3. The Labute approximate surface area is 215 Å². The highest BCUT2D eigenvalue weighted by Crippen LogP contribution is 2.32. The van der Waals surface area contributed by atoms with E-state index >= 15 is 0 Å². The molecule has 0 bridgehead atoms. The van der Waals surface area contributed by atoms with Crippen LogP contribution in [0.2, 0.25) is 0 Å². The predicted molar refractivity (Wildman–Crippen MR) is 147 cm³/mol. The number of para-hydroxylation sites is 2. The lowest BCUT2D eigenvalue weighted by Crippen LogP contribution is -2.40. The van der Waals surface area contributed by atoms with Crippen molar-refractivity contribution in [2.24, 2.45) is 10.9 Å². The zero-order valence-electron chi connectivity index (χ0n) is 20.0. The Kier molecular flexibility index (Phi) is 9.52. The number of halogens is 1. The summed E-state index contributed by atoms with van der Waals surface area (Å²) >= 11 is 0. The summed E-state index contributed by atoms with van der Waals surface area (Å²) in [6.45, 7) is 8.03. The van der Waals surface area contributed by atoms with Gasteiger partial charge in [-0.3, -0.25) is 4.99 Å². The lowest BCUT2D eigenvalue weighted by molar-refractivity contribution is 0.414. The second-order valence-corrected chi connectivity index (χ2v) is 8.67. The van der Waals surface area contributed by atoms with Gasteiger partial charge in [0.1, 0.15) is 11.5 Å². The van der Waals surface area contributed by atoms with Crippen LogP contribution in [0.25, 0.3) is 0 Å². The highest BCUT2D eigenvalue weighted by atomic mass is 127. The van der Waals surface area contributed by atoms with Gasteiger partial charge in [0.25, 0.3) is 0 Å². The number of methoxy groups -OCH3 is 2. The smallest absolute Gasteiger partial charge is 0.193 e. The topological polar surface area (TPSA) is 49.3 Å². The van der Waals surface area contributed by atoms with Crippen LogP contribution in [0, 0.1) is 5.92 Å². The Morgan fingerprint density at radius 2 is 1.79 bits per heavy atom. The van der Waals surface area contributed by atoms with Crippen LogP contribution in [0.15, 0.2) is 53.5 Å². The maximum atomic E-state index is 5.56. The normalized spacial score (nSPS) is 20.5. The van der Waals surface area contributed by atoms with E-state index in [4.69, 9.17) is 14.5 Å². The van der Waals surface area contributed by atoms with Gasteiger partial charge in [0.05, 0.1) is 19.9 Å². The van der Waals surface area contributed by atoms with Crippen molar-refractivity contribution in [2.45, 2.75) is 25.7 Å². The van der Waals surface area contributed by atoms with E-state index in [1.807, 2.05) is 12.1 Å². The predicted octanol–water partition coefficient (Wildman–Crippen LogP) is 4.60. The summed E-state index contributed by atoms with van der Waals surface area (Å²) in [5, 5.41) is 3.52. The molecule has 2 unspecified atom stereocenters. The molecule has 0 radical (unpaired) electrons. The van der Waals surface area contributed by atoms with Crippen LogP contribution in [0.3, 0.4) is 0 Å². The standard InChI is InChI=1S/C26H36N4O2.HI/c1-4-27-26(30-16-14-22(19-30)21-9-11-23(31-2)12-10-21)28-17-20-13-15-29(18-20)24-7-5-6-8-25(24)32-3;/h5-12,20,22H,4,13-19H2,1-3H3,(H,27,28);1H. The summed E-state index contributed by atoms with van der Waals surface area (Å²) in [5.41, 5.74) is 2.57. The van der Waals surface area contributed by atoms with Gasteiger partial charge in [-0.15, -0.1) is 24.0 Å². The van der Waals surface area contributed by atoms with E-state index in [-0.39, 0.29) is 24.0 Å². The van der Waals surface area contributed by atoms with Crippen molar-refractivity contribution in [1.29, 1.82) is 0 Å². The third-order valence-corrected chi connectivity index (χ3v) is 6.62. The monoisotopic (exact) mass is 564 g/mol. The molecule has 4 rings (SSSR count). The van der Waals surface area contributed by atoms with Crippen LogP contribution in [0.5, 0.6) is 11.5 Å². The molecule has 2 saturated heterocycles. The largest absolute Gasteiger partial charge is 0.497 e. The number of ether oxygens (including phenoxy) is 2. The van der Waals surface area contributed by atoms with E-state index in [0.29, 0.717) is 11.8 Å². The fourth-order valence-corrected chi connectivity index (χ4v) is 4.83. The van der Waals surface area contributed by atoms with Crippen molar-refractivity contribution in [3.05, 3.63) is 54.1 Å². The summed E-state index contributed by atoms with van der Waals surface area (Å²) in [6, 6.07) is 16.8. The first-order chi connectivity index (χ1) is 15.7. The molecule has 2 aromatic carbocycles. The van der Waals surface area contributed by atoms with Crippen LogP contribution in [-0.4, -0.2) is 64.3 Å². The highest BCUT2D eigenvalue weighted by molar-refractivity contribution is 14.0. The summed E-state index contributed by atoms with van der Waals surface area (Å²) in [4.78, 5) is 9.91. The van der Waals surface area contributed by atoms with Gasteiger partial charge in [-0.1, -0.05) is 24.3 Å². The van der Waals surface area contributed by atoms with Gasteiger partial charge in [0.15, 0.2) is 5.96 Å². The number of aliphatic imine (C=N–C) groups is 1. The number of hydrogen-bond donors (Lipinski definition) is 1. The fraction of sp³-hybridized carbons (Fsp3) is 0.500. The summed E-state index contributed by atoms with van der Waals surface area (Å²) in [7, 11) is 3.46. The van der Waals surface area contributed by atoms with Gasteiger partial charge < -0.3 is 24.6 Å². The van der Waals surface area contributed by atoms with Crippen LogP contribution in [0.1, 0.15) is 31.2 Å². The van der Waals surface area contributed by atoms with Gasteiger partial charge in [0, 0.05) is 45.2 Å².